The molecule has 1 aromatic heterocycles. The van der Waals surface area contributed by atoms with Gasteiger partial charge in [0.1, 0.15) is 6.07 Å². The molecule has 0 amide bonds. The summed E-state index contributed by atoms with van der Waals surface area (Å²) in [5.41, 5.74) is -0.452. The number of nitriles is 1. The van der Waals surface area contributed by atoms with E-state index in [0.717, 1.165) is 49.2 Å². The molecule has 0 unspecified atom stereocenters. The Balaban J connectivity index is 2.00. The van der Waals surface area contributed by atoms with Crippen LogP contribution in [-0.2, 0) is 6.18 Å². The SMILES string of the molecule is CC[C@@H]1CCCCN1c1nn(-c2cccc(C(F)(F)F)c2)nc1C#N. The van der Waals surface area contributed by atoms with Gasteiger partial charge >= 0.3 is 6.18 Å². The predicted molar refractivity (Wildman–Crippen MR) is 86.4 cm³/mol. The van der Waals surface area contributed by atoms with Crippen molar-refractivity contribution >= 4 is 5.82 Å². The number of aromatic nitrogens is 3. The van der Waals surface area contributed by atoms with E-state index in [0.29, 0.717) is 5.82 Å². The zero-order valence-corrected chi connectivity index (χ0v) is 13.8. The number of alkyl halides is 3. The smallest absolute Gasteiger partial charge is 0.350 e. The Hall–Kier alpha value is -2.56. The first kappa shape index (κ1) is 17.3. The molecule has 0 saturated carbocycles. The summed E-state index contributed by atoms with van der Waals surface area (Å²) in [7, 11) is 0. The highest BCUT2D eigenvalue weighted by Gasteiger charge is 2.31. The molecule has 1 aliphatic rings. The lowest BCUT2D eigenvalue weighted by Crippen LogP contribution is -2.39. The molecule has 0 bridgehead atoms. The van der Waals surface area contributed by atoms with Crippen molar-refractivity contribution in [3.05, 3.63) is 35.5 Å². The zero-order chi connectivity index (χ0) is 18.0. The lowest BCUT2D eigenvalue weighted by Gasteiger charge is -2.35. The molecule has 0 N–H and O–H groups in total. The molecule has 2 aromatic rings. The molecule has 5 nitrogen and oxygen atoms in total. The van der Waals surface area contributed by atoms with E-state index < -0.39 is 11.7 Å². The molecule has 3 rings (SSSR count). The molecule has 0 aliphatic carbocycles. The highest BCUT2D eigenvalue weighted by Crippen LogP contribution is 2.31. The molecule has 0 radical (unpaired) electrons. The number of halogens is 3. The first-order valence-electron chi connectivity index (χ1n) is 8.25. The predicted octanol–water partition coefficient (Wildman–Crippen LogP) is 3.93. The van der Waals surface area contributed by atoms with Gasteiger partial charge in [-0.2, -0.15) is 18.4 Å². The van der Waals surface area contributed by atoms with Gasteiger partial charge in [0, 0.05) is 12.6 Å². The Morgan fingerprint density at radius 2 is 2.08 bits per heavy atom. The van der Waals surface area contributed by atoms with Crippen molar-refractivity contribution in [1.29, 1.82) is 5.26 Å². The second-order valence-corrected chi connectivity index (χ2v) is 6.07. The van der Waals surface area contributed by atoms with Crippen molar-refractivity contribution in [2.75, 3.05) is 11.4 Å². The van der Waals surface area contributed by atoms with E-state index in [1.54, 1.807) is 0 Å². The molecule has 132 valence electrons. The third-order valence-electron chi connectivity index (χ3n) is 4.48. The molecule has 1 aliphatic heterocycles. The van der Waals surface area contributed by atoms with Gasteiger partial charge in [0.2, 0.25) is 5.69 Å². The summed E-state index contributed by atoms with van der Waals surface area (Å²) in [5, 5.41) is 17.8. The van der Waals surface area contributed by atoms with Crippen LogP contribution < -0.4 is 4.90 Å². The Labute approximate surface area is 143 Å². The van der Waals surface area contributed by atoms with Crippen molar-refractivity contribution in [3.8, 4) is 11.8 Å². The van der Waals surface area contributed by atoms with Gasteiger partial charge in [-0.3, -0.25) is 0 Å². The molecule has 0 spiro atoms. The topological polar surface area (TPSA) is 57.7 Å². The van der Waals surface area contributed by atoms with Gasteiger partial charge in [-0.25, -0.2) is 0 Å². The first-order chi connectivity index (χ1) is 11.9. The number of anilines is 1. The Bertz CT molecular complexity index is 790. The Kier molecular flexibility index (Phi) is 4.66. The lowest BCUT2D eigenvalue weighted by atomic mass is 10.00. The summed E-state index contributed by atoms with van der Waals surface area (Å²) in [5.74, 6) is 0.450. The average Bonchev–Trinajstić information content (AvgIpc) is 3.05. The van der Waals surface area contributed by atoms with Crippen LogP contribution in [0.5, 0.6) is 0 Å². The van der Waals surface area contributed by atoms with Crippen LogP contribution in [0.2, 0.25) is 0 Å². The number of rotatable bonds is 3. The summed E-state index contributed by atoms with van der Waals surface area (Å²) in [6.45, 7) is 2.85. The van der Waals surface area contributed by atoms with Crippen LogP contribution in [0.4, 0.5) is 19.0 Å². The monoisotopic (exact) mass is 349 g/mol. The Morgan fingerprint density at radius 3 is 2.76 bits per heavy atom. The van der Waals surface area contributed by atoms with Gasteiger partial charge < -0.3 is 4.90 Å². The standard InChI is InChI=1S/C17H18F3N5/c1-2-13-7-3-4-9-24(13)16-15(11-21)22-25(23-16)14-8-5-6-12(10-14)17(18,19)20/h5-6,8,10,13H,2-4,7,9H2,1H3/t13-/m1/s1. The summed E-state index contributed by atoms with van der Waals surface area (Å²) < 4.78 is 38.7. The largest absolute Gasteiger partial charge is 0.416 e. The van der Waals surface area contributed by atoms with Crippen LogP contribution in [0.3, 0.4) is 0 Å². The van der Waals surface area contributed by atoms with E-state index in [9.17, 15) is 18.4 Å². The van der Waals surface area contributed by atoms with E-state index in [-0.39, 0.29) is 17.4 Å². The van der Waals surface area contributed by atoms with Crippen molar-refractivity contribution in [2.24, 2.45) is 0 Å². The van der Waals surface area contributed by atoms with Gasteiger partial charge in [-0.1, -0.05) is 13.0 Å². The summed E-state index contributed by atoms with van der Waals surface area (Å²) in [6, 6.07) is 7.07. The van der Waals surface area contributed by atoms with Crippen molar-refractivity contribution in [1.82, 2.24) is 15.0 Å². The maximum atomic E-state index is 12.9. The molecule has 1 aromatic carbocycles. The number of benzene rings is 1. The maximum Gasteiger partial charge on any atom is 0.416 e. The molecule has 8 heteroatoms. The summed E-state index contributed by atoms with van der Waals surface area (Å²) in [4.78, 5) is 3.17. The van der Waals surface area contributed by atoms with Crippen molar-refractivity contribution < 1.29 is 13.2 Å². The second kappa shape index (κ2) is 6.75. The lowest BCUT2D eigenvalue weighted by molar-refractivity contribution is -0.137. The minimum Gasteiger partial charge on any atom is -0.350 e. The van der Waals surface area contributed by atoms with Gasteiger partial charge in [-0.05, 0) is 43.9 Å². The van der Waals surface area contributed by atoms with Crippen molar-refractivity contribution in [2.45, 2.75) is 44.8 Å². The molecular formula is C17H18F3N5. The van der Waals surface area contributed by atoms with Crippen LogP contribution in [0.1, 0.15) is 43.9 Å². The van der Waals surface area contributed by atoms with Crippen LogP contribution >= 0.6 is 0 Å². The summed E-state index contributed by atoms with van der Waals surface area (Å²) in [6.07, 6.45) is -0.389. The number of piperidine rings is 1. The molecule has 1 fully saturated rings. The second-order valence-electron chi connectivity index (χ2n) is 6.07. The summed E-state index contributed by atoms with van der Waals surface area (Å²) >= 11 is 0. The molecule has 25 heavy (non-hydrogen) atoms. The zero-order valence-electron chi connectivity index (χ0n) is 13.8. The van der Waals surface area contributed by atoms with Gasteiger partial charge in [-0.15, -0.1) is 15.0 Å². The molecular weight excluding hydrogens is 331 g/mol. The minimum atomic E-state index is -4.44. The van der Waals surface area contributed by atoms with Gasteiger partial charge in [0.05, 0.1) is 11.3 Å². The normalized spacial score (nSPS) is 18.2. The third-order valence-corrected chi connectivity index (χ3v) is 4.48. The number of hydrogen-bond donors (Lipinski definition) is 0. The van der Waals surface area contributed by atoms with E-state index in [2.05, 4.69) is 22.0 Å². The highest BCUT2D eigenvalue weighted by atomic mass is 19.4. The third kappa shape index (κ3) is 3.45. The fourth-order valence-corrected chi connectivity index (χ4v) is 3.19. The van der Waals surface area contributed by atoms with E-state index in [1.165, 1.54) is 12.1 Å². The van der Waals surface area contributed by atoms with Crippen LogP contribution in [0, 0.1) is 11.3 Å². The van der Waals surface area contributed by atoms with Gasteiger partial charge in [0.25, 0.3) is 0 Å². The molecule has 1 atom stereocenters. The fourth-order valence-electron chi connectivity index (χ4n) is 3.19. The molecule has 1 saturated heterocycles. The maximum absolute atomic E-state index is 12.9. The molecule has 2 heterocycles. The number of hydrogen-bond acceptors (Lipinski definition) is 4. The van der Waals surface area contributed by atoms with Crippen LogP contribution in [0.15, 0.2) is 24.3 Å². The van der Waals surface area contributed by atoms with Crippen LogP contribution in [0.25, 0.3) is 5.69 Å². The Morgan fingerprint density at radius 1 is 1.28 bits per heavy atom. The van der Waals surface area contributed by atoms with Crippen LogP contribution in [-0.4, -0.2) is 27.6 Å². The quantitative estimate of drug-likeness (QED) is 0.842. The minimum absolute atomic E-state index is 0.137. The van der Waals surface area contributed by atoms with E-state index >= 15 is 0 Å². The number of nitrogens with zero attached hydrogens (tertiary/aromatic N) is 5. The van der Waals surface area contributed by atoms with Crippen molar-refractivity contribution in [3.63, 3.8) is 0 Å². The van der Waals surface area contributed by atoms with Gasteiger partial charge in [0.15, 0.2) is 5.82 Å². The van der Waals surface area contributed by atoms with E-state index in [1.807, 2.05) is 6.07 Å². The highest BCUT2D eigenvalue weighted by molar-refractivity contribution is 5.51. The van der Waals surface area contributed by atoms with E-state index in [4.69, 9.17) is 0 Å². The fraction of sp³-hybridized carbons (Fsp3) is 0.471. The average molecular weight is 349 g/mol. The first-order valence-corrected chi connectivity index (χ1v) is 8.25.